The number of ether oxygens (including phenoxy) is 2. The summed E-state index contributed by atoms with van der Waals surface area (Å²) < 4.78 is 9.78. The predicted octanol–water partition coefficient (Wildman–Crippen LogP) is 0.710. The highest BCUT2D eigenvalue weighted by Crippen LogP contribution is 2.28. The minimum Gasteiger partial charge on any atom is -0.467 e. The third-order valence-electron chi connectivity index (χ3n) is 2.51. The van der Waals surface area contributed by atoms with Crippen LogP contribution in [0.15, 0.2) is 12.2 Å². The van der Waals surface area contributed by atoms with E-state index in [0.717, 1.165) is 0 Å². The van der Waals surface area contributed by atoms with Crippen molar-refractivity contribution in [2.75, 3.05) is 14.2 Å². The van der Waals surface area contributed by atoms with E-state index in [0.29, 0.717) is 6.42 Å². The zero-order valence-corrected chi connectivity index (χ0v) is 8.57. The fourth-order valence-electron chi connectivity index (χ4n) is 1.56. The Labute approximate surface area is 82.9 Å². The lowest BCUT2D eigenvalue weighted by atomic mass is 9.83. The Morgan fingerprint density at radius 3 is 2.64 bits per heavy atom. The molecule has 0 aromatic rings. The summed E-state index contributed by atoms with van der Waals surface area (Å²) >= 11 is 0. The van der Waals surface area contributed by atoms with Crippen LogP contribution < -0.4 is 0 Å². The first-order valence-electron chi connectivity index (χ1n) is 4.42. The van der Waals surface area contributed by atoms with Gasteiger partial charge in [0.05, 0.1) is 7.11 Å². The predicted molar refractivity (Wildman–Crippen MR) is 49.7 cm³/mol. The number of methoxy groups -OCH3 is 2. The lowest BCUT2D eigenvalue weighted by molar-refractivity contribution is -0.162. The zero-order valence-electron chi connectivity index (χ0n) is 8.57. The van der Waals surface area contributed by atoms with Crippen molar-refractivity contribution >= 4 is 11.8 Å². The molecule has 1 aliphatic rings. The van der Waals surface area contributed by atoms with E-state index in [1.807, 2.05) is 0 Å². The maximum absolute atomic E-state index is 11.5. The van der Waals surface area contributed by atoms with Crippen molar-refractivity contribution in [3.8, 4) is 0 Å². The highest BCUT2D eigenvalue weighted by molar-refractivity contribution is 5.96. The van der Waals surface area contributed by atoms with Crippen molar-refractivity contribution < 1.29 is 19.1 Å². The zero-order chi connectivity index (χ0) is 10.8. The number of ketones is 1. The van der Waals surface area contributed by atoms with Crippen LogP contribution in [0.25, 0.3) is 0 Å². The van der Waals surface area contributed by atoms with Gasteiger partial charge in [-0.1, -0.05) is 6.92 Å². The summed E-state index contributed by atoms with van der Waals surface area (Å²) in [5.41, 5.74) is -1.08. The van der Waals surface area contributed by atoms with E-state index < -0.39 is 11.6 Å². The third-order valence-corrected chi connectivity index (χ3v) is 2.51. The molecule has 0 aromatic heterocycles. The summed E-state index contributed by atoms with van der Waals surface area (Å²) in [6, 6.07) is 0. The van der Waals surface area contributed by atoms with Gasteiger partial charge in [0.15, 0.2) is 11.4 Å². The Hall–Kier alpha value is -1.16. The quantitative estimate of drug-likeness (QED) is 0.613. The highest BCUT2D eigenvalue weighted by atomic mass is 16.6. The molecule has 4 heteroatoms. The van der Waals surface area contributed by atoms with Crippen LogP contribution in [-0.4, -0.2) is 31.6 Å². The average Bonchev–Trinajstić information content (AvgIpc) is 2.21. The molecule has 0 fully saturated rings. The number of hydrogen-bond acceptors (Lipinski definition) is 4. The fourth-order valence-corrected chi connectivity index (χ4v) is 1.56. The summed E-state index contributed by atoms with van der Waals surface area (Å²) in [6.45, 7) is 1.77. The van der Waals surface area contributed by atoms with Gasteiger partial charge < -0.3 is 9.47 Å². The summed E-state index contributed by atoms with van der Waals surface area (Å²) in [5.74, 6) is -0.656. The Kier molecular flexibility index (Phi) is 3.06. The largest absolute Gasteiger partial charge is 0.467 e. The molecule has 1 aliphatic carbocycles. The van der Waals surface area contributed by atoms with Gasteiger partial charge in [-0.3, -0.25) is 4.79 Å². The molecule has 0 N–H and O–H groups in total. The van der Waals surface area contributed by atoms with E-state index >= 15 is 0 Å². The second-order valence-corrected chi connectivity index (χ2v) is 3.43. The molecule has 0 amide bonds. The van der Waals surface area contributed by atoms with Crippen LogP contribution in [0.4, 0.5) is 0 Å². The fraction of sp³-hybridized carbons (Fsp3) is 0.600. The van der Waals surface area contributed by atoms with Crippen molar-refractivity contribution in [1.29, 1.82) is 0 Å². The number of hydrogen-bond donors (Lipinski definition) is 0. The van der Waals surface area contributed by atoms with E-state index in [9.17, 15) is 9.59 Å². The van der Waals surface area contributed by atoms with Gasteiger partial charge in [0.1, 0.15) is 0 Å². The Balaban J connectivity index is 2.97. The van der Waals surface area contributed by atoms with Crippen LogP contribution in [0.5, 0.6) is 0 Å². The molecule has 0 spiro atoms. The van der Waals surface area contributed by atoms with Crippen molar-refractivity contribution in [1.82, 2.24) is 0 Å². The average molecular weight is 198 g/mol. The van der Waals surface area contributed by atoms with E-state index in [1.54, 1.807) is 6.92 Å². The first-order chi connectivity index (χ1) is 6.55. The summed E-state index contributed by atoms with van der Waals surface area (Å²) in [5, 5.41) is 0. The lowest BCUT2D eigenvalue weighted by Gasteiger charge is -2.31. The van der Waals surface area contributed by atoms with Crippen LogP contribution in [-0.2, 0) is 19.1 Å². The van der Waals surface area contributed by atoms with Crippen LogP contribution in [0.2, 0.25) is 0 Å². The van der Waals surface area contributed by atoms with Gasteiger partial charge in [-0.15, -0.1) is 0 Å². The standard InChI is InChI=1S/C10H14O4/c1-7-6-10(14-3,9(12)13-2)5-4-8(7)11/h4-5,7H,6H2,1-3H3. The first-order valence-corrected chi connectivity index (χ1v) is 4.42. The highest BCUT2D eigenvalue weighted by Gasteiger charge is 2.42. The molecule has 0 heterocycles. The van der Waals surface area contributed by atoms with Gasteiger partial charge in [0.2, 0.25) is 0 Å². The molecule has 2 unspecified atom stereocenters. The maximum Gasteiger partial charge on any atom is 0.342 e. The topological polar surface area (TPSA) is 52.6 Å². The normalized spacial score (nSPS) is 31.6. The van der Waals surface area contributed by atoms with Gasteiger partial charge >= 0.3 is 5.97 Å². The second-order valence-electron chi connectivity index (χ2n) is 3.43. The van der Waals surface area contributed by atoms with E-state index in [-0.39, 0.29) is 11.7 Å². The van der Waals surface area contributed by atoms with Crippen molar-refractivity contribution in [2.24, 2.45) is 5.92 Å². The monoisotopic (exact) mass is 198 g/mol. The molecule has 0 aromatic carbocycles. The van der Waals surface area contributed by atoms with E-state index in [4.69, 9.17) is 4.74 Å². The molecule has 0 bridgehead atoms. The summed E-state index contributed by atoms with van der Waals surface area (Å²) in [7, 11) is 2.74. The molecule has 1 rings (SSSR count). The van der Waals surface area contributed by atoms with Crippen molar-refractivity contribution in [3.05, 3.63) is 12.2 Å². The molecule has 78 valence electrons. The molecule has 4 nitrogen and oxygen atoms in total. The van der Waals surface area contributed by atoms with Gasteiger partial charge in [-0.05, 0) is 12.2 Å². The number of carbonyl (C=O) groups excluding carboxylic acids is 2. The molecule has 0 saturated carbocycles. The first kappa shape index (κ1) is 10.9. The van der Waals surface area contributed by atoms with Crippen LogP contribution >= 0.6 is 0 Å². The summed E-state index contributed by atoms with van der Waals surface area (Å²) in [4.78, 5) is 22.7. The maximum atomic E-state index is 11.5. The minimum absolute atomic E-state index is 0.0154. The van der Waals surface area contributed by atoms with E-state index in [2.05, 4.69) is 4.74 Å². The van der Waals surface area contributed by atoms with Crippen LogP contribution in [0.1, 0.15) is 13.3 Å². The van der Waals surface area contributed by atoms with Crippen LogP contribution in [0.3, 0.4) is 0 Å². The molecule has 0 aliphatic heterocycles. The smallest absolute Gasteiger partial charge is 0.342 e. The van der Waals surface area contributed by atoms with E-state index in [1.165, 1.54) is 26.4 Å². The molecule has 0 radical (unpaired) electrons. The van der Waals surface area contributed by atoms with Crippen LogP contribution in [0, 0.1) is 5.92 Å². The Morgan fingerprint density at radius 1 is 1.57 bits per heavy atom. The number of carbonyl (C=O) groups is 2. The van der Waals surface area contributed by atoms with Gasteiger partial charge in [0, 0.05) is 19.4 Å². The minimum atomic E-state index is -1.08. The molecule has 14 heavy (non-hydrogen) atoms. The number of allylic oxidation sites excluding steroid dienone is 1. The molecule has 2 atom stereocenters. The van der Waals surface area contributed by atoms with Crippen molar-refractivity contribution in [2.45, 2.75) is 18.9 Å². The number of rotatable bonds is 2. The summed E-state index contributed by atoms with van der Waals surface area (Å²) in [6.07, 6.45) is 3.20. The van der Waals surface area contributed by atoms with Crippen molar-refractivity contribution in [3.63, 3.8) is 0 Å². The van der Waals surface area contributed by atoms with Gasteiger partial charge in [0.25, 0.3) is 0 Å². The van der Waals surface area contributed by atoms with Gasteiger partial charge in [-0.25, -0.2) is 4.79 Å². The molecular weight excluding hydrogens is 184 g/mol. The number of esters is 1. The molecule has 0 saturated heterocycles. The SMILES string of the molecule is COC(=O)C1(OC)C=CC(=O)C(C)C1. The Bertz CT molecular complexity index is 282. The molecular formula is C10H14O4. The van der Waals surface area contributed by atoms with Gasteiger partial charge in [-0.2, -0.15) is 0 Å². The lowest BCUT2D eigenvalue weighted by Crippen LogP contribution is -2.44. The second kappa shape index (κ2) is 3.92. The Morgan fingerprint density at radius 2 is 2.21 bits per heavy atom. The third kappa shape index (κ3) is 1.70.